The van der Waals surface area contributed by atoms with E-state index in [-0.39, 0.29) is 0 Å². The highest BCUT2D eigenvalue weighted by Crippen LogP contribution is 2.12. The number of nitrogens with zero attached hydrogens (tertiary/aromatic N) is 1. The molecule has 0 radical (unpaired) electrons. The first-order valence-corrected chi connectivity index (χ1v) is 5.21. The molecule has 0 aromatic carbocycles. The molecule has 1 heterocycles. The summed E-state index contributed by atoms with van der Waals surface area (Å²) < 4.78 is 0. The van der Waals surface area contributed by atoms with Crippen LogP contribution in [0.25, 0.3) is 0 Å². The maximum atomic E-state index is 4.45. The first-order chi connectivity index (χ1) is 6.49. The molecule has 78 valence electrons. The highest BCUT2D eigenvalue weighted by Gasteiger charge is 2.07. The van der Waals surface area contributed by atoms with Gasteiger partial charge in [0.25, 0.3) is 0 Å². The van der Waals surface area contributed by atoms with Crippen molar-refractivity contribution >= 4 is 5.82 Å². The van der Waals surface area contributed by atoms with Crippen LogP contribution in [0.3, 0.4) is 0 Å². The van der Waals surface area contributed by atoms with E-state index in [1.54, 1.807) is 0 Å². The normalized spacial score (nSPS) is 13.0. The third-order valence-corrected chi connectivity index (χ3v) is 2.47. The summed E-state index contributed by atoms with van der Waals surface area (Å²) in [7, 11) is 0. The number of pyridine rings is 1. The van der Waals surface area contributed by atoms with Gasteiger partial charge in [0.1, 0.15) is 5.82 Å². The fourth-order valence-electron chi connectivity index (χ4n) is 1.32. The highest BCUT2D eigenvalue weighted by molar-refractivity contribution is 5.39. The topological polar surface area (TPSA) is 24.9 Å². The fraction of sp³-hybridized carbons (Fsp3) is 0.583. The number of nitrogens with one attached hydrogen (secondary N) is 1. The molecule has 2 heteroatoms. The first kappa shape index (κ1) is 11.0. The van der Waals surface area contributed by atoms with Gasteiger partial charge in [0.2, 0.25) is 0 Å². The van der Waals surface area contributed by atoms with Crippen LogP contribution in [0.2, 0.25) is 0 Å². The lowest BCUT2D eigenvalue weighted by molar-refractivity contribution is 0.558. The summed E-state index contributed by atoms with van der Waals surface area (Å²) in [5.41, 5.74) is 2.33. The lowest BCUT2D eigenvalue weighted by atomic mass is 10.1. The van der Waals surface area contributed by atoms with Crippen LogP contribution >= 0.6 is 0 Å². The molecule has 0 spiro atoms. The van der Waals surface area contributed by atoms with Gasteiger partial charge in [0.15, 0.2) is 0 Å². The summed E-state index contributed by atoms with van der Waals surface area (Å²) in [6.07, 6.45) is 0. The van der Waals surface area contributed by atoms with E-state index in [1.165, 1.54) is 5.56 Å². The standard InChI is InChI=1S/C12H20N2/c1-8(2)11(5)14-12-7-9(3)6-10(4)13-12/h6-8,11H,1-5H3,(H,13,14). The molecular weight excluding hydrogens is 172 g/mol. The Morgan fingerprint density at radius 3 is 2.29 bits per heavy atom. The van der Waals surface area contributed by atoms with Crippen LogP contribution in [0, 0.1) is 19.8 Å². The van der Waals surface area contributed by atoms with Crippen LogP contribution in [0.5, 0.6) is 0 Å². The summed E-state index contributed by atoms with van der Waals surface area (Å²) >= 11 is 0. The lowest BCUT2D eigenvalue weighted by Crippen LogP contribution is -2.22. The minimum absolute atomic E-state index is 0.462. The molecule has 0 aliphatic heterocycles. The molecule has 0 aliphatic rings. The second-order valence-electron chi connectivity index (χ2n) is 4.35. The maximum Gasteiger partial charge on any atom is 0.126 e. The van der Waals surface area contributed by atoms with Crippen LogP contribution in [-0.2, 0) is 0 Å². The number of hydrogen-bond donors (Lipinski definition) is 1. The SMILES string of the molecule is Cc1cc(C)nc(NC(C)C(C)C)c1. The molecule has 14 heavy (non-hydrogen) atoms. The minimum atomic E-state index is 0.462. The van der Waals surface area contributed by atoms with E-state index in [2.05, 4.69) is 50.1 Å². The zero-order valence-corrected chi connectivity index (χ0v) is 9.76. The minimum Gasteiger partial charge on any atom is -0.367 e. The van der Waals surface area contributed by atoms with Crippen molar-refractivity contribution in [3.8, 4) is 0 Å². The predicted molar refractivity (Wildman–Crippen MR) is 61.6 cm³/mol. The Hall–Kier alpha value is -1.05. The Morgan fingerprint density at radius 2 is 1.79 bits per heavy atom. The van der Waals surface area contributed by atoms with Crippen LogP contribution < -0.4 is 5.32 Å². The van der Waals surface area contributed by atoms with E-state index in [9.17, 15) is 0 Å². The van der Waals surface area contributed by atoms with Gasteiger partial charge in [-0.3, -0.25) is 0 Å². The second-order valence-corrected chi connectivity index (χ2v) is 4.35. The molecule has 2 nitrogen and oxygen atoms in total. The fourth-order valence-corrected chi connectivity index (χ4v) is 1.32. The first-order valence-electron chi connectivity index (χ1n) is 5.21. The number of aromatic nitrogens is 1. The van der Waals surface area contributed by atoms with Gasteiger partial charge in [0, 0.05) is 11.7 Å². The molecule has 0 amide bonds. The van der Waals surface area contributed by atoms with Crippen LogP contribution in [0.1, 0.15) is 32.0 Å². The van der Waals surface area contributed by atoms with Gasteiger partial charge in [-0.2, -0.15) is 0 Å². The molecule has 1 aromatic rings. The van der Waals surface area contributed by atoms with E-state index < -0.39 is 0 Å². The molecule has 1 rings (SSSR count). The largest absolute Gasteiger partial charge is 0.367 e. The average Bonchev–Trinajstić information content (AvgIpc) is 2.01. The Bertz CT molecular complexity index is 285. The van der Waals surface area contributed by atoms with Gasteiger partial charge in [-0.25, -0.2) is 4.98 Å². The van der Waals surface area contributed by atoms with Gasteiger partial charge in [-0.15, -0.1) is 0 Å². The van der Waals surface area contributed by atoms with Crippen molar-refractivity contribution in [3.63, 3.8) is 0 Å². The molecule has 0 saturated carbocycles. The quantitative estimate of drug-likeness (QED) is 0.795. The van der Waals surface area contributed by atoms with Crippen molar-refractivity contribution in [3.05, 3.63) is 23.4 Å². The van der Waals surface area contributed by atoms with E-state index in [1.807, 2.05) is 6.92 Å². The number of anilines is 1. The molecule has 1 atom stereocenters. The van der Waals surface area contributed by atoms with E-state index >= 15 is 0 Å². The van der Waals surface area contributed by atoms with Crippen molar-refractivity contribution in [2.75, 3.05) is 5.32 Å². The Kier molecular flexibility index (Phi) is 3.50. The average molecular weight is 192 g/mol. The van der Waals surface area contributed by atoms with Crippen LogP contribution in [0.15, 0.2) is 12.1 Å². The summed E-state index contributed by atoms with van der Waals surface area (Å²) in [6.45, 7) is 10.7. The molecule has 0 fully saturated rings. The zero-order chi connectivity index (χ0) is 10.7. The van der Waals surface area contributed by atoms with Crippen LogP contribution in [-0.4, -0.2) is 11.0 Å². The Labute approximate surface area is 86.8 Å². The summed E-state index contributed by atoms with van der Waals surface area (Å²) in [5.74, 6) is 1.61. The lowest BCUT2D eigenvalue weighted by Gasteiger charge is -2.18. The van der Waals surface area contributed by atoms with Gasteiger partial charge in [-0.05, 0) is 44.4 Å². The smallest absolute Gasteiger partial charge is 0.126 e. The van der Waals surface area contributed by atoms with Gasteiger partial charge in [0.05, 0.1) is 0 Å². The maximum absolute atomic E-state index is 4.45. The highest BCUT2D eigenvalue weighted by atomic mass is 15.0. The molecule has 1 unspecified atom stereocenters. The molecule has 1 aromatic heterocycles. The molecule has 1 N–H and O–H groups in total. The Balaban J connectivity index is 2.76. The monoisotopic (exact) mass is 192 g/mol. The third kappa shape index (κ3) is 3.02. The number of aryl methyl sites for hydroxylation is 2. The van der Waals surface area contributed by atoms with Crippen molar-refractivity contribution < 1.29 is 0 Å². The van der Waals surface area contributed by atoms with Crippen molar-refractivity contribution in [2.45, 2.75) is 40.7 Å². The van der Waals surface area contributed by atoms with Gasteiger partial charge in [-0.1, -0.05) is 13.8 Å². The molecule has 0 bridgehead atoms. The zero-order valence-electron chi connectivity index (χ0n) is 9.76. The van der Waals surface area contributed by atoms with Crippen molar-refractivity contribution in [1.29, 1.82) is 0 Å². The Morgan fingerprint density at radius 1 is 1.14 bits per heavy atom. The summed E-state index contributed by atoms with van der Waals surface area (Å²) in [5, 5.41) is 3.41. The van der Waals surface area contributed by atoms with E-state index in [4.69, 9.17) is 0 Å². The second kappa shape index (κ2) is 4.45. The summed E-state index contributed by atoms with van der Waals surface area (Å²) in [6, 6.07) is 4.64. The molecule has 0 aliphatic carbocycles. The van der Waals surface area contributed by atoms with Crippen molar-refractivity contribution in [1.82, 2.24) is 4.98 Å². The predicted octanol–water partition coefficient (Wildman–Crippen LogP) is 3.15. The van der Waals surface area contributed by atoms with Gasteiger partial charge < -0.3 is 5.32 Å². The third-order valence-electron chi connectivity index (χ3n) is 2.47. The van der Waals surface area contributed by atoms with Gasteiger partial charge >= 0.3 is 0 Å². The molecule has 0 saturated heterocycles. The van der Waals surface area contributed by atoms with Crippen molar-refractivity contribution in [2.24, 2.45) is 5.92 Å². The van der Waals surface area contributed by atoms with Crippen LogP contribution in [0.4, 0.5) is 5.82 Å². The summed E-state index contributed by atoms with van der Waals surface area (Å²) in [4.78, 5) is 4.45. The van der Waals surface area contributed by atoms with E-state index in [0.29, 0.717) is 12.0 Å². The van der Waals surface area contributed by atoms with E-state index in [0.717, 1.165) is 11.5 Å². The number of rotatable bonds is 3. The molecular formula is C12H20N2. The number of hydrogen-bond acceptors (Lipinski definition) is 2.